The van der Waals surface area contributed by atoms with Gasteiger partial charge in [-0.2, -0.15) is 0 Å². The number of hydrogen-bond acceptors (Lipinski definition) is 6. The zero-order chi connectivity index (χ0) is 38.9. The van der Waals surface area contributed by atoms with Gasteiger partial charge < -0.3 is 21.1 Å². The number of phosphoric ester groups is 1. The lowest BCUT2D eigenvalue weighted by Gasteiger charge is -2.23. The van der Waals surface area contributed by atoms with Crippen molar-refractivity contribution < 1.29 is 28.4 Å². The summed E-state index contributed by atoms with van der Waals surface area (Å²) in [6.07, 6.45) is 51.0. The van der Waals surface area contributed by atoms with Crippen LogP contribution in [0.15, 0.2) is 72.9 Å². The first-order chi connectivity index (χ1) is 25.9. The Bertz CT molecular complexity index is 1050. The van der Waals surface area contributed by atoms with Crippen molar-refractivity contribution >= 4 is 13.7 Å². The van der Waals surface area contributed by atoms with Crippen LogP contribution in [0.2, 0.25) is 0 Å². The summed E-state index contributed by atoms with van der Waals surface area (Å²) in [4.78, 5) is 22.6. The van der Waals surface area contributed by atoms with E-state index in [1.807, 2.05) is 6.08 Å². The molecule has 0 aromatic carbocycles. The highest BCUT2D eigenvalue weighted by Gasteiger charge is 2.26. The lowest BCUT2D eigenvalue weighted by Crippen LogP contribution is -2.45. The van der Waals surface area contributed by atoms with E-state index in [4.69, 9.17) is 14.8 Å². The van der Waals surface area contributed by atoms with Gasteiger partial charge in [0.2, 0.25) is 5.91 Å². The summed E-state index contributed by atoms with van der Waals surface area (Å²) in [6.45, 7) is 3.95. The summed E-state index contributed by atoms with van der Waals surface area (Å²) < 4.78 is 22.1. The zero-order valence-corrected chi connectivity index (χ0v) is 34.6. The Morgan fingerprint density at radius 1 is 0.642 bits per heavy atom. The number of nitrogens with two attached hydrogens (primary N) is 1. The molecule has 0 aromatic rings. The molecule has 0 heterocycles. The van der Waals surface area contributed by atoms with E-state index in [2.05, 4.69) is 79.9 Å². The zero-order valence-electron chi connectivity index (χ0n) is 33.7. The maximum atomic E-state index is 12.7. The topological polar surface area (TPSA) is 131 Å². The molecule has 5 N–H and O–H groups in total. The van der Waals surface area contributed by atoms with Gasteiger partial charge in [-0.25, -0.2) is 4.57 Å². The van der Waals surface area contributed by atoms with Crippen LogP contribution in [0.5, 0.6) is 0 Å². The molecule has 0 fully saturated rings. The van der Waals surface area contributed by atoms with Crippen LogP contribution in [0, 0.1) is 0 Å². The number of unbranched alkanes of at least 4 members (excludes halogenated alkanes) is 16. The van der Waals surface area contributed by atoms with E-state index in [0.717, 1.165) is 57.8 Å². The Kier molecular flexibility index (Phi) is 38.1. The van der Waals surface area contributed by atoms with E-state index in [1.54, 1.807) is 6.08 Å². The normalized spacial score (nSPS) is 14.9. The second-order valence-corrected chi connectivity index (χ2v) is 15.3. The molecule has 3 atom stereocenters. The Hall–Kier alpha value is -2.06. The summed E-state index contributed by atoms with van der Waals surface area (Å²) in [5, 5.41) is 13.6. The number of nitrogens with one attached hydrogen (secondary N) is 1. The Morgan fingerprint density at radius 2 is 1.11 bits per heavy atom. The van der Waals surface area contributed by atoms with Gasteiger partial charge in [-0.15, -0.1) is 0 Å². The summed E-state index contributed by atoms with van der Waals surface area (Å²) >= 11 is 0. The van der Waals surface area contributed by atoms with Crippen molar-refractivity contribution in [2.24, 2.45) is 5.73 Å². The second-order valence-electron chi connectivity index (χ2n) is 13.8. The average molecular weight is 763 g/mol. The Morgan fingerprint density at radius 3 is 1.68 bits per heavy atom. The van der Waals surface area contributed by atoms with E-state index in [1.165, 1.54) is 83.5 Å². The van der Waals surface area contributed by atoms with Crippen LogP contribution >= 0.6 is 7.82 Å². The van der Waals surface area contributed by atoms with Gasteiger partial charge in [0.05, 0.1) is 25.4 Å². The van der Waals surface area contributed by atoms with Crippen molar-refractivity contribution in [1.82, 2.24) is 5.32 Å². The first-order valence-electron chi connectivity index (χ1n) is 21.1. The van der Waals surface area contributed by atoms with E-state index in [9.17, 15) is 19.4 Å². The van der Waals surface area contributed by atoms with Crippen LogP contribution in [-0.4, -0.2) is 47.8 Å². The predicted molar refractivity (Wildman–Crippen MR) is 226 cm³/mol. The minimum atomic E-state index is -4.36. The molecule has 9 heteroatoms. The van der Waals surface area contributed by atoms with Crippen molar-refractivity contribution in [3.8, 4) is 0 Å². The van der Waals surface area contributed by atoms with Crippen LogP contribution in [0.1, 0.15) is 168 Å². The smallest absolute Gasteiger partial charge is 0.387 e. The molecule has 0 rings (SSSR count). The van der Waals surface area contributed by atoms with Gasteiger partial charge in [-0.1, -0.05) is 164 Å². The summed E-state index contributed by atoms with van der Waals surface area (Å²) in [5.41, 5.74) is 5.36. The highest BCUT2D eigenvalue weighted by molar-refractivity contribution is 7.47. The molecule has 0 saturated carbocycles. The fourth-order valence-electron chi connectivity index (χ4n) is 5.61. The van der Waals surface area contributed by atoms with Crippen molar-refractivity contribution in [2.45, 2.75) is 180 Å². The molecule has 0 aliphatic rings. The number of aliphatic hydroxyl groups is 1. The Balaban J connectivity index is 4.37. The van der Waals surface area contributed by atoms with Gasteiger partial charge in [0.15, 0.2) is 0 Å². The average Bonchev–Trinajstić information content (AvgIpc) is 3.14. The molecule has 1 amide bonds. The summed E-state index contributed by atoms with van der Waals surface area (Å²) in [5.74, 6) is -0.247. The number of aliphatic hydroxyl groups excluding tert-OH is 1. The lowest BCUT2D eigenvalue weighted by atomic mass is 10.0. The van der Waals surface area contributed by atoms with Crippen molar-refractivity contribution in [3.05, 3.63) is 72.9 Å². The van der Waals surface area contributed by atoms with Crippen molar-refractivity contribution in [1.29, 1.82) is 0 Å². The minimum absolute atomic E-state index is 0.0637. The number of phosphoric acid groups is 1. The Labute approximate surface area is 325 Å². The van der Waals surface area contributed by atoms with E-state index in [-0.39, 0.29) is 32.1 Å². The molecule has 306 valence electrons. The maximum absolute atomic E-state index is 12.7. The number of carbonyl (C=O) groups excluding carboxylic acids is 1. The molecular weight excluding hydrogens is 683 g/mol. The number of hydrogen-bond donors (Lipinski definition) is 4. The molecule has 53 heavy (non-hydrogen) atoms. The second kappa shape index (κ2) is 39.6. The largest absolute Gasteiger partial charge is 0.472 e. The molecule has 0 bridgehead atoms. The molecule has 3 unspecified atom stereocenters. The standard InChI is InChI=1S/C44H79N2O6P/c1-3-5-7-9-11-13-15-17-19-20-21-22-24-25-27-29-31-33-35-37-43(47)42(41-52-53(49,50)51-40-39-45)46-44(48)38-36-34-32-30-28-26-23-18-16-14-12-10-8-6-4-2/h6,8,12,14,18,23,27-30,35,37,42-43,47H,3-5,7,9-11,13,15-17,19-22,24-26,31-34,36,38-41,45H2,1-2H3,(H,46,48)(H,49,50)/b8-6-,14-12-,23-18-,29-27+,30-28-,37-35+. The third kappa shape index (κ3) is 38.0. The molecule has 0 radical (unpaired) electrons. The molecule has 0 aliphatic heterocycles. The maximum Gasteiger partial charge on any atom is 0.472 e. The third-order valence-corrected chi connectivity index (χ3v) is 9.75. The van der Waals surface area contributed by atoms with Crippen molar-refractivity contribution in [2.75, 3.05) is 19.8 Å². The third-order valence-electron chi connectivity index (χ3n) is 8.77. The summed E-state index contributed by atoms with van der Waals surface area (Å²) in [7, 11) is -4.36. The first-order valence-corrected chi connectivity index (χ1v) is 22.6. The highest BCUT2D eigenvalue weighted by atomic mass is 31.2. The summed E-state index contributed by atoms with van der Waals surface area (Å²) in [6, 6.07) is -0.902. The highest BCUT2D eigenvalue weighted by Crippen LogP contribution is 2.43. The SMILES string of the molecule is CC/C=C\C/C=C\C/C=C\C/C=C\CCCCC(=O)NC(COP(=O)(O)OCCN)C(O)/C=C/CC/C=C/CCCCCCCCCCCCCCC. The van der Waals surface area contributed by atoms with Crippen LogP contribution in [-0.2, 0) is 18.4 Å². The quantitative estimate of drug-likeness (QED) is 0.0280. The van der Waals surface area contributed by atoms with Crippen LogP contribution in [0.25, 0.3) is 0 Å². The number of amides is 1. The number of rotatable bonds is 38. The molecule has 8 nitrogen and oxygen atoms in total. The van der Waals surface area contributed by atoms with E-state index < -0.39 is 20.0 Å². The molecular formula is C44H79N2O6P. The van der Waals surface area contributed by atoms with Crippen LogP contribution < -0.4 is 11.1 Å². The van der Waals surface area contributed by atoms with E-state index in [0.29, 0.717) is 6.42 Å². The van der Waals surface area contributed by atoms with Gasteiger partial charge in [-0.3, -0.25) is 13.8 Å². The molecule has 0 saturated heterocycles. The van der Waals surface area contributed by atoms with Crippen molar-refractivity contribution in [3.63, 3.8) is 0 Å². The monoisotopic (exact) mass is 763 g/mol. The molecule has 0 spiro atoms. The fraction of sp³-hybridized carbons (Fsp3) is 0.705. The number of allylic oxidation sites excluding steroid dienone is 11. The van der Waals surface area contributed by atoms with Gasteiger partial charge in [-0.05, 0) is 70.6 Å². The van der Waals surface area contributed by atoms with Crippen LogP contribution in [0.3, 0.4) is 0 Å². The van der Waals surface area contributed by atoms with E-state index >= 15 is 0 Å². The van der Waals surface area contributed by atoms with Gasteiger partial charge in [0.25, 0.3) is 0 Å². The van der Waals surface area contributed by atoms with Gasteiger partial charge in [0.1, 0.15) is 0 Å². The number of carbonyl (C=O) groups is 1. The predicted octanol–water partition coefficient (Wildman–Crippen LogP) is 11.7. The molecule has 0 aromatic heterocycles. The van der Waals surface area contributed by atoms with Gasteiger partial charge in [0, 0.05) is 13.0 Å². The fourth-order valence-corrected chi connectivity index (χ4v) is 6.37. The molecule has 0 aliphatic carbocycles. The minimum Gasteiger partial charge on any atom is -0.387 e. The lowest BCUT2D eigenvalue weighted by molar-refractivity contribution is -0.123. The van der Waals surface area contributed by atoms with Gasteiger partial charge >= 0.3 is 7.82 Å². The van der Waals surface area contributed by atoms with Crippen LogP contribution in [0.4, 0.5) is 0 Å². The first kappa shape index (κ1) is 50.9.